The van der Waals surface area contributed by atoms with Crippen molar-refractivity contribution in [2.45, 2.75) is 25.8 Å². The molecule has 0 aliphatic rings. The first kappa shape index (κ1) is 11.4. The first-order valence-electron chi connectivity index (χ1n) is 4.72. The van der Waals surface area contributed by atoms with E-state index < -0.39 is 5.54 Å². The Morgan fingerprint density at radius 1 is 1.67 bits per heavy atom. The third kappa shape index (κ3) is 3.52. The SMILES string of the molecule is CCC(C)(N)COc1nccc(C#N)n1. The van der Waals surface area contributed by atoms with Crippen molar-refractivity contribution >= 4 is 0 Å². The van der Waals surface area contributed by atoms with Crippen LogP contribution < -0.4 is 10.5 Å². The molecule has 1 aromatic heterocycles. The molecule has 5 heteroatoms. The van der Waals surface area contributed by atoms with Gasteiger partial charge in [-0.25, -0.2) is 4.98 Å². The first-order chi connectivity index (χ1) is 7.07. The van der Waals surface area contributed by atoms with E-state index in [-0.39, 0.29) is 11.7 Å². The molecular formula is C10H14N4O. The molecule has 0 spiro atoms. The highest BCUT2D eigenvalue weighted by molar-refractivity contribution is 5.19. The van der Waals surface area contributed by atoms with Gasteiger partial charge in [0, 0.05) is 11.7 Å². The molecule has 1 unspecified atom stereocenters. The summed E-state index contributed by atoms with van der Waals surface area (Å²) in [7, 11) is 0. The monoisotopic (exact) mass is 206 g/mol. The van der Waals surface area contributed by atoms with E-state index in [0.717, 1.165) is 6.42 Å². The highest BCUT2D eigenvalue weighted by atomic mass is 16.5. The molecule has 80 valence electrons. The number of hydrogen-bond acceptors (Lipinski definition) is 5. The second kappa shape index (κ2) is 4.71. The zero-order valence-electron chi connectivity index (χ0n) is 8.90. The summed E-state index contributed by atoms with van der Waals surface area (Å²) in [5, 5.41) is 8.62. The minimum Gasteiger partial charge on any atom is -0.461 e. The second-order valence-electron chi connectivity index (χ2n) is 3.63. The van der Waals surface area contributed by atoms with Crippen LogP contribution in [-0.4, -0.2) is 22.1 Å². The predicted octanol–water partition coefficient (Wildman–Crippen LogP) is 0.854. The normalized spacial score (nSPS) is 14.0. The number of nitriles is 1. The van der Waals surface area contributed by atoms with E-state index in [1.165, 1.54) is 12.3 Å². The van der Waals surface area contributed by atoms with Gasteiger partial charge >= 0.3 is 6.01 Å². The molecule has 5 nitrogen and oxygen atoms in total. The standard InChI is InChI=1S/C10H14N4O/c1-3-10(2,12)7-15-9-13-5-4-8(6-11)14-9/h4-5H,3,7,12H2,1-2H3. The molecule has 0 bridgehead atoms. The molecule has 0 amide bonds. The van der Waals surface area contributed by atoms with Gasteiger partial charge in [0.25, 0.3) is 0 Å². The maximum atomic E-state index is 8.62. The number of ether oxygens (including phenoxy) is 1. The van der Waals surface area contributed by atoms with Gasteiger partial charge in [-0.2, -0.15) is 10.2 Å². The minimum absolute atomic E-state index is 0.194. The van der Waals surface area contributed by atoms with Crippen LogP contribution in [0.2, 0.25) is 0 Å². The van der Waals surface area contributed by atoms with Crippen molar-refractivity contribution < 1.29 is 4.74 Å². The molecular weight excluding hydrogens is 192 g/mol. The van der Waals surface area contributed by atoms with Crippen LogP contribution in [0.5, 0.6) is 6.01 Å². The lowest BCUT2D eigenvalue weighted by Gasteiger charge is -2.21. The summed E-state index contributed by atoms with van der Waals surface area (Å²) in [6, 6.07) is 3.63. The number of nitrogens with zero attached hydrogens (tertiary/aromatic N) is 3. The third-order valence-electron chi connectivity index (χ3n) is 2.09. The maximum absolute atomic E-state index is 8.62. The molecule has 0 aliphatic carbocycles. The lowest BCUT2D eigenvalue weighted by Crippen LogP contribution is -2.41. The minimum atomic E-state index is -0.397. The van der Waals surface area contributed by atoms with Crippen molar-refractivity contribution in [1.29, 1.82) is 5.26 Å². The van der Waals surface area contributed by atoms with Crippen molar-refractivity contribution in [3.8, 4) is 12.1 Å². The van der Waals surface area contributed by atoms with Crippen molar-refractivity contribution in [1.82, 2.24) is 9.97 Å². The van der Waals surface area contributed by atoms with Gasteiger partial charge in [0.15, 0.2) is 0 Å². The Hall–Kier alpha value is -1.67. The lowest BCUT2D eigenvalue weighted by atomic mass is 10.0. The predicted molar refractivity (Wildman–Crippen MR) is 55.1 cm³/mol. The van der Waals surface area contributed by atoms with Crippen molar-refractivity contribution in [2.75, 3.05) is 6.61 Å². The average Bonchev–Trinajstić information content (AvgIpc) is 2.27. The van der Waals surface area contributed by atoms with E-state index in [1.54, 1.807) is 0 Å². The van der Waals surface area contributed by atoms with Gasteiger partial charge in [0.05, 0.1) is 0 Å². The van der Waals surface area contributed by atoms with E-state index in [2.05, 4.69) is 9.97 Å². The Balaban J connectivity index is 2.62. The van der Waals surface area contributed by atoms with Crippen LogP contribution in [0.1, 0.15) is 26.0 Å². The summed E-state index contributed by atoms with van der Waals surface area (Å²) < 4.78 is 5.31. The van der Waals surface area contributed by atoms with Crippen LogP contribution in [0.3, 0.4) is 0 Å². The number of hydrogen-bond donors (Lipinski definition) is 1. The molecule has 1 heterocycles. The fourth-order valence-electron chi connectivity index (χ4n) is 0.804. The van der Waals surface area contributed by atoms with Crippen molar-refractivity contribution in [3.63, 3.8) is 0 Å². The fraction of sp³-hybridized carbons (Fsp3) is 0.500. The van der Waals surface area contributed by atoms with Gasteiger partial charge < -0.3 is 10.5 Å². The third-order valence-corrected chi connectivity index (χ3v) is 2.09. The molecule has 0 radical (unpaired) electrons. The summed E-state index contributed by atoms with van der Waals surface area (Å²) in [5.41, 5.74) is 5.78. The Kier molecular flexibility index (Phi) is 3.58. The Morgan fingerprint density at radius 3 is 3.00 bits per heavy atom. The molecule has 1 aromatic rings. The van der Waals surface area contributed by atoms with Gasteiger partial charge in [-0.15, -0.1) is 0 Å². The molecule has 0 fully saturated rings. The highest BCUT2D eigenvalue weighted by Crippen LogP contribution is 2.08. The fourth-order valence-corrected chi connectivity index (χ4v) is 0.804. The zero-order valence-corrected chi connectivity index (χ0v) is 8.90. The lowest BCUT2D eigenvalue weighted by molar-refractivity contribution is 0.210. The van der Waals surface area contributed by atoms with Gasteiger partial charge in [0.2, 0.25) is 0 Å². The summed E-state index contributed by atoms with van der Waals surface area (Å²) in [6.07, 6.45) is 2.28. The number of rotatable bonds is 4. The number of aromatic nitrogens is 2. The smallest absolute Gasteiger partial charge is 0.317 e. The average molecular weight is 206 g/mol. The van der Waals surface area contributed by atoms with Gasteiger partial charge in [-0.3, -0.25) is 0 Å². The molecule has 0 saturated heterocycles. The van der Waals surface area contributed by atoms with Crippen LogP contribution in [0.15, 0.2) is 12.3 Å². The Morgan fingerprint density at radius 2 is 2.40 bits per heavy atom. The second-order valence-corrected chi connectivity index (χ2v) is 3.63. The van der Waals surface area contributed by atoms with E-state index >= 15 is 0 Å². The summed E-state index contributed by atoms with van der Waals surface area (Å²) >= 11 is 0. The Bertz CT molecular complexity index is 370. The van der Waals surface area contributed by atoms with Crippen LogP contribution >= 0.6 is 0 Å². The molecule has 1 rings (SSSR count). The summed E-state index contributed by atoms with van der Waals surface area (Å²) in [5.74, 6) is 0. The van der Waals surface area contributed by atoms with Crippen molar-refractivity contribution in [3.05, 3.63) is 18.0 Å². The largest absolute Gasteiger partial charge is 0.461 e. The van der Waals surface area contributed by atoms with Gasteiger partial charge in [-0.05, 0) is 19.4 Å². The molecule has 0 saturated carbocycles. The molecule has 0 aromatic carbocycles. The van der Waals surface area contributed by atoms with Gasteiger partial charge in [0.1, 0.15) is 18.4 Å². The van der Waals surface area contributed by atoms with Crippen molar-refractivity contribution in [2.24, 2.45) is 5.73 Å². The molecule has 0 aliphatic heterocycles. The highest BCUT2D eigenvalue weighted by Gasteiger charge is 2.17. The maximum Gasteiger partial charge on any atom is 0.317 e. The number of nitrogens with two attached hydrogens (primary N) is 1. The summed E-state index contributed by atoms with van der Waals surface area (Å²) in [6.45, 7) is 4.20. The molecule has 2 N–H and O–H groups in total. The van der Waals surface area contributed by atoms with E-state index in [9.17, 15) is 0 Å². The van der Waals surface area contributed by atoms with E-state index in [1.807, 2.05) is 19.9 Å². The molecule has 15 heavy (non-hydrogen) atoms. The zero-order chi connectivity index (χ0) is 11.3. The topological polar surface area (TPSA) is 84.8 Å². The van der Waals surface area contributed by atoms with Gasteiger partial charge in [-0.1, -0.05) is 6.92 Å². The van der Waals surface area contributed by atoms with Crippen LogP contribution in [-0.2, 0) is 0 Å². The Labute approximate surface area is 88.9 Å². The van der Waals surface area contributed by atoms with Crippen LogP contribution in [0, 0.1) is 11.3 Å². The van der Waals surface area contributed by atoms with E-state index in [4.69, 9.17) is 15.7 Å². The molecule has 1 atom stereocenters. The first-order valence-corrected chi connectivity index (χ1v) is 4.72. The quantitative estimate of drug-likeness (QED) is 0.789. The van der Waals surface area contributed by atoms with Crippen LogP contribution in [0.25, 0.3) is 0 Å². The van der Waals surface area contributed by atoms with Crippen LogP contribution in [0.4, 0.5) is 0 Å². The summed E-state index contributed by atoms with van der Waals surface area (Å²) in [4.78, 5) is 7.76. The van der Waals surface area contributed by atoms with E-state index in [0.29, 0.717) is 6.61 Å².